The quantitative estimate of drug-likeness (QED) is 0.0152. The second-order valence-corrected chi connectivity index (χ2v) is 22.8. The van der Waals surface area contributed by atoms with Crippen LogP contribution in [0.3, 0.4) is 0 Å². The summed E-state index contributed by atoms with van der Waals surface area (Å²) < 4.78 is 0. The highest BCUT2D eigenvalue weighted by Gasteiger charge is 2.36. The molecule has 7 amide bonds. The molecule has 98 heavy (non-hydrogen) atoms. The van der Waals surface area contributed by atoms with E-state index in [1.807, 2.05) is 66.9 Å². The van der Waals surface area contributed by atoms with Crippen molar-refractivity contribution in [3.8, 4) is 0 Å². The first-order chi connectivity index (χ1) is 47.5. The molecule has 3 aliphatic rings. The van der Waals surface area contributed by atoms with Crippen LogP contribution in [-0.2, 0) is 19.2 Å². The molecule has 6 unspecified atom stereocenters. The number of primary amides is 5. The van der Waals surface area contributed by atoms with Crippen molar-refractivity contribution < 1.29 is 52.7 Å². The lowest BCUT2D eigenvalue weighted by Crippen LogP contribution is -2.57. The zero-order valence-corrected chi connectivity index (χ0v) is 53.7. The Bertz CT molecular complexity index is 4030. The SMILES string of the molecule is NC(=O)c1ccccc1N=CC(CCC=O)CNc1ccccc1C(N)=O.NC(=O)c1ccccc1NCC(C=O)CCC=O.NC(=O)c1ccccc1NCC(CCC=O)C1NC(=O)c2ccccc2N1.NC(=O)c1ccccc1NCC1CC=CN2c3ccccc3C(=O)NC12. The number of aliphatic imine (C=N–C) groups is 1. The normalized spacial score (nSPS) is 15.4. The number of fused-ring (bicyclic) bond motifs is 4. The third kappa shape index (κ3) is 20.9. The average Bonchev–Trinajstić information content (AvgIpc) is 0.773. The number of nitrogens with two attached hydrogens (primary N) is 5. The Kier molecular flexibility index (Phi) is 28.0. The molecular formula is C73H80N14O11. The number of hydrogen-bond acceptors (Lipinski definition) is 18. The summed E-state index contributed by atoms with van der Waals surface area (Å²) in [4.78, 5) is 131. The molecule has 0 bridgehead atoms. The number of nitrogens with zero attached hydrogens (tertiary/aromatic N) is 2. The second kappa shape index (κ2) is 37.6. The highest BCUT2D eigenvalue weighted by Crippen LogP contribution is 2.34. The molecule has 0 fully saturated rings. The summed E-state index contributed by atoms with van der Waals surface area (Å²) in [6, 6.07) is 49.6. The Morgan fingerprint density at radius 1 is 0.480 bits per heavy atom. The molecule has 0 saturated carbocycles. The van der Waals surface area contributed by atoms with Crippen molar-refractivity contribution in [2.24, 2.45) is 57.3 Å². The van der Waals surface area contributed by atoms with E-state index < -0.39 is 29.5 Å². The van der Waals surface area contributed by atoms with E-state index in [9.17, 15) is 52.7 Å². The molecular weight excluding hydrogens is 1250 g/mol. The Labute approximate surface area is 566 Å². The van der Waals surface area contributed by atoms with Crippen LogP contribution in [0.15, 0.2) is 187 Å². The van der Waals surface area contributed by atoms with Crippen molar-refractivity contribution in [1.29, 1.82) is 0 Å². The molecule has 7 aromatic rings. The summed E-state index contributed by atoms with van der Waals surface area (Å²) in [7, 11) is 0. The van der Waals surface area contributed by atoms with Gasteiger partial charge in [0.1, 0.15) is 37.5 Å². The number of nitrogens with one attached hydrogen (secondary N) is 7. The molecule has 7 aromatic carbocycles. The molecule has 6 atom stereocenters. The van der Waals surface area contributed by atoms with Crippen molar-refractivity contribution in [1.82, 2.24) is 10.6 Å². The van der Waals surface area contributed by atoms with Gasteiger partial charge in [-0.15, -0.1) is 0 Å². The van der Waals surface area contributed by atoms with Crippen LogP contribution >= 0.6 is 0 Å². The van der Waals surface area contributed by atoms with Crippen LogP contribution in [0, 0.1) is 23.7 Å². The summed E-state index contributed by atoms with van der Waals surface area (Å²) in [5.74, 6) is -3.05. The summed E-state index contributed by atoms with van der Waals surface area (Å²) in [5, 5.41) is 22.1. The minimum absolute atomic E-state index is 0.0558. The highest BCUT2D eigenvalue weighted by molar-refractivity contribution is 6.04. The van der Waals surface area contributed by atoms with Crippen molar-refractivity contribution in [2.75, 3.05) is 57.7 Å². The number of anilines is 6. The van der Waals surface area contributed by atoms with Gasteiger partial charge in [0, 0.05) is 110 Å². The first-order valence-electron chi connectivity index (χ1n) is 31.7. The molecule has 508 valence electrons. The van der Waals surface area contributed by atoms with E-state index in [2.05, 4.69) is 53.2 Å². The van der Waals surface area contributed by atoms with Gasteiger partial charge >= 0.3 is 0 Å². The Balaban J connectivity index is 0.000000186. The number of amides is 7. The average molecular weight is 1330 g/mol. The molecule has 0 saturated heterocycles. The number of para-hydroxylation sites is 7. The highest BCUT2D eigenvalue weighted by atomic mass is 16.2. The van der Waals surface area contributed by atoms with Crippen molar-refractivity contribution in [2.45, 2.75) is 57.3 Å². The number of carbonyl (C=O) groups excluding carboxylic acids is 11. The maximum Gasteiger partial charge on any atom is 0.255 e. The number of hydrogen-bond donors (Lipinski definition) is 12. The van der Waals surface area contributed by atoms with Gasteiger partial charge in [-0.25, -0.2) is 0 Å². The summed E-state index contributed by atoms with van der Waals surface area (Å²) in [6.45, 7) is 1.89. The van der Waals surface area contributed by atoms with Crippen LogP contribution in [0.25, 0.3) is 0 Å². The van der Waals surface area contributed by atoms with Crippen LogP contribution < -0.4 is 70.8 Å². The minimum Gasteiger partial charge on any atom is -0.384 e. The van der Waals surface area contributed by atoms with E-state index in [4.69, 9.17) is 28.7 Å². The maximum absolute atomic E-state index is 12.5. The Morgan fingerprint density at radius 3 is 1.44 bits per heavy atom. The first-order valence-corrected chi connectivity index (χ1v) is 31.7. The van der Waals surface area contributed by atoms with E-state index in [1.54, 1.807) is 115 Å². The number of rotatable bonds is 30. The zero-order valence-electron chi connectivity index (χ0n) is 53.7. The molecule has 0 radical (unpaired) electrons. The molecule has 25 nitrogen and oxygen atoms in total. The zero-order chi connectivity index (χ0) is 70.3. The van der Waals surface area contributed by atoms with Crippen LogP contribution in [-0.4, -0.2) is 111 Å². The lowest BCUT2D eigenvalue weighted by molar-refractivity contribution is -0.112. The smallest absolute Gasteiger partial charge is 0.255 e. The fourth-order valence-corrected chi connectivity index (χ4v) is 11.0. The van der Waals surface area contributed by atoms with Gasteiger partial charge in [0.05, 0.1) is 50.3 Å². The Morgan fingerprint density at radius 2 is 0.908 bits per heavy atom. The van der Waals surface area contributed by atoms with Gasteiger partial charge < -0.3 is 90.0 Å². The first kappa shape index (κ1) is 73.1. The fraction of sp³-hybridized carbons (Fsp3) is 0.233. The largest absolute Gasteiger partial charge is 0.384 e. The molecule has 3 heterocycles. The topological polar surface area (TPSA) is 418 Å². The molecule has 0 spiro atoms. The number of allylic oxidation sites excluding steroid dienone is 1. The lowest BCUT2D eigenvalue weighted by Gasteiger charge is -2.43. The molecule has 17 N–H and O–H groups in total. The van der Waals surface area contributed by atoms with Crippen molar-refractivity contribution in [3.05, 3.63) is 221 Å². The van der Waals surface area contributed by atoms with Gasteiger partial charge in [-0.2, -0.15) is 0 Å². The maximum atomic E-state index is 12.5. The molecule has 25 heteroatoms. The van der Waals surface area contributed by atoms with E-state index in [1.165, 1.54) is 0 Å². The van der Waals surface area contributed by atoms with Crippen LogP contribution in [0.5, 0.6) is 0 Å². The van der Waals surface area contributed by atoms with E-state index >= 15 is 0 Å². The van der Waals surface area contributed by atoms with Gasteiger partial charge in [0.25, 0.3) is 41.4 Å². The minimum atomic E-state index is -0.555. The summed E-state index contributed by atoms with van der Waals surface area (Å²) in [6.07, 6.45) is 12.2. The van der Waals surface area contributed by atoms with Gasteiger partial charge in [-0.05, 0) is 111 Å². The summed E-state index contributed by atoms with van der Waals surface area (Å²) in [5.41, 5.74) is 34.8. The van der Waals surface area contributed by atoms with Gasteiger partial charge in [-0.1, -0.05) is 91.0 Å². The van der Waals surface area contributed by atoms with Gasteiger partial charge in [0.15, 0.2) is 0 Å². The number of benzene rings is 7. The molecule has 3 aliphatic heterocycles. The second-order valence-electron chi connectivity index (χ2n) is 22.8. The van der Waals surface area contributed by atoms with Crippen molar-refractivity contribution >= 4 is 113 Å². The lowest BCUT2D eigenvalue weighted by atomic mass is 9.93. The third-order valence-corrected chi connectivity index (χ3v) is 16.1. The van der Waals surface area contributed by atoms with Gasteiger partial charge in [-0.3, -0.25) is 38.6 Å². The van der Waals surface area contributed by atoms with Gasteiger partial charge in [0.2, 0.25) is 0 Å². The van der Waals surface area contributed by atoms with Crippen LogP contribution in [0.1, 0.15) is 117 Å². The Hall–Kier alpha value is -12.3. The number of aldehydes is 4. The summed E-state index contributed by atoms with van der Waals surface area (Å²) >= 11 is 0. The molecule has 10 rings (SSSR count). The van der Waals surface area contributed by atoms with Crippen LogP contribution in [0.2, 0.25) is 0 Å². The standard InChI is InChI=1S/2C20H22N4O3.C20H20N4O2.C13H16N2O3/c21-18(26)14-7-1-3-9-16(14)22-12-13(6-5-11-25)19-23-17-10-4-2-8-15(17)20(27)24-19;21-19(26)15-7-1-3-9-17(15)23-12-14(6-5-11-25)13-24-18-10-4-2-8-16(18)20(22)27;21-18(25)14-7-1-3-9-16(14)22-12-13-6-5-11-24-17-10-4-2-8-15(17)20(26)23-19(13)24;14-13(18)11-5-1-2-6-12(11)15-8-10(9-17)4-3-7-16/h1-4,7-11,13,19,22-23H,5-6,12H2,(H2,21,26)(H,24,27);1-4,7-12,14,24H,5-6,13H2,(H2,21,26)(H2,22,27);1-5,7-11,13,19,22H,6,12H2,(H2,21,25)(H,23,26);1-2,5-7,9-10,15H,3-4,8H2,(H2,14,18). The molecule has 0 aromatic heterocycles. The molecule has 0 aliphatic carbocycles. The van der Waals surface area contributed by atoms with Crippen molar-refractivity contribution in [3.63, 3.8) is 0 Å². The predicted molar refractivity (Wildman–Crippen MR) is 378 cm³/mol. The van der Waals surface area contributed by atoms with E-state index in [0.29, 0.717) is 132 Å². The van der Waals surface area contributed by atoms with Crippen LogP contribution in [0.4, 0.5) is 39.8 Å². The predicted octanol–water partition coefficient (Wildman–Crippen LogP) is 7.57. The van der Waals surface area contributed by atoms with E-state index in [-0.39, 0.29) is 47.8 Å². The monoisotopic (exact) mass is 1330 g/mol. The van der Waals surface area contributed by atoms with E-state index in [0.717, 1.165) is 42.9 Å². The number of carbonyl (C=O) groups is 11. The fourth-order valence-electron chi connectivity index (χ4n) is 11.0. The third-order valence-electron chi connectivity index (χ3n) is 16.1.